The summed E-state index contributed by atoms with van der Waals surface area (Å²) < 4.78 is 12.7. The van der Waals surface area contributed by atoms with Gasteiger partial charge in [0.05, 0.1) is 0 Å². The summed E-state index contributed by atoms with van der Waals surface area (Å²) in [5, 5.41) is -2.03. The lowest BCUT2D eigenvalue weighted by atomic mass is 9.97. The van der Waals surface area contributed by atoms with E-state index in [0.717, 1.165) is 12.8 Å². The minimum Gasteiger partial charge on any atom is -0.295 e. The lowest BCUT2D eigenvalue weighted by Crippen LogP contribution is -2.30. The van der Waals surface area contributed by atoms with Crippen molar-refractivity contribution in [2.24, 2.45) is 0 Å². The summed E-state index contributed by atoms with van der Waals surface area (Å²) in [6.45, 7) is 0. The van der Waals surface area contributed by atoms with E-state index in [1.54, 1.807) is 0 Å². The third kappa shape index (κ3) is 1.42. The molecular formula is C6H8ClFO. The predicted molar refractivity (Wildman–Crippen MR) is 33.2 cm³/mol. The van der Waals surface area contributed by atoms with E-state index in [-0.39, 0.29) is 6.42 Å². The van der Waals surface area contributed by atoms with Crippen molar-refractivity contribution >= 4 is 17.4 Å². The minimum atomic E-state index is -2.03. The fourth-order valence-corrected chi connectivity index (χ4v) is 1.18. The van der Waals surface area contributed by atoms with Gasteiger partial charge in [-0.25, -0.2) is 4.39 Å². The van der Waals surface area contributed by atoms with Crippen molar-refractivity contribution in [3.63, 3.8) is 0 Å². The summed E-state index contributed by atoms with van der Waals surface area (Å²) in [6.07, 6.45) is 2.01. The number of hydrogen-bond donors (Lipinski definition) is 0. The highest BCUT2D eigenvalue weighted by atomic mass is 35.5. The van der Waals surface area contributed by atoms with Crippen LogP contribution in [0.1, 0.15) is 25.7 Å². The van der Waals surface area contributed by atoms with Crippen LogP contribution in [0.4, 0.5) is 4.39 Å². The van der Waals surface area contributed by atoms with Gasteiger partial charge in [-0.2, -0.15) is 0 Å². The predicted octanol–water partition coefficient (Wildman–Crippen LogP) is 2.03. The molecular weight excluding hydrogens is 143 g/mol. The smallest absolute Gasteiger partial charge is 0.241 e. The molecule has 0 N–H and O–H groups in total. The van der Waals surface area contributed by atoms with Gasteiger partial charge in [0.15, 0.2) is 5.78 Å². The van der Waals surface area contributed by atoms with Gasteiger partial charge in [0, 0.05) is 12.8 Å². The number of alkyl halides is 2. The second-order valence-corrected chi connectivity index (χ2v) is 2.93. The molecule has 1 aliphatic carbocycles. The second-order valence-electron chi connectivity index (χ2n) is 2.33. The molecule has 3 heteroatoms. The third-order valence-electron chi connectivity index (χ3n) is 1.55. The van der Waals surface area contributed by atoms with Crippen LogP contribution >= 0.6 is 11.6 Å². The van der Waals surface area contributed by atoms with Crippen LogP contribution in [0, 0.1) is 0 Å². The van der Waals surface area contributed by atoms with Gasteiger partial charge < -0.3 is 0 Å². The Morgan fingerprint density at radius 2 is 2.22 bits per heavy atom. The molecule has 0 amide bonds. The molecule has 0 aliphatic heterocycles. The van der Waals surface area contributed by atoms with Crippen LogP contribution in [0.3, 0.4) is 0 Å². The SMILES string of the molecule is O=C1CCCCC1(F)Cl. The average molecular weight is 151 g/mol. The summed E-state index contributed by atoms with van der Waals surface area (Å²) in [4.78, 5) is 10.6. The van der Waals surface area contributed by atoms with Crippen molar-refractivity contribution in [2.45, 2.75) is 30.8 Å². The Bertz CT molecular complexity index is 133. The lowest BCUT2D eigenvalue weighted by Gasteiger charge is -2.20. The Labute approximate surface area is 58.2 Å². The third-order valence-corrected chi connectivity index (χ3v) is 1.95. The van der Waals surface area contributed by atoms with E-state index in [1.807, 2.05) is 0 Å². The van der Waals surface area contributed by atoms with Crippen molar-refractivity contribution in [1.29, 1.82) is 0 Å². The standard InChI is InChI=1S/C6H8ClFO/c7-6(8)4-2-1-3-5(6)9/h1-4H2. The summed E-state index contributed by atoms with van der Waals surface area (Å²) in [5.74, 6) is -0.449. The quantitative estimate of drug-likeness (QED) is 0.483. The molecule has 1 rings (SSSR count). The molecule has 1 atom stereocenters. The first-order chi connectivity index (χ1) is 4.13. The Kier molecular flexibility index (Phi) is 1.75. The van der Waals surface area contributed by atoms with Crippen LogP contribution in [0.15, 0.2) is 0 Å². The Balaban J connectivity index is 2.60. The first-order valence-electron chi connectivity index (χ1n) is 3.04. The molecule has 0 aromatic rings. The van der Waals surface area contributed by atoms with E-state index in [2.05, 4.69) is 0 Å². The zero-order valence-corrected chi connectivity index (χ0v) is 5.75. The first-order valence-corrected chi connectivity index (χ1v) is 3.42. The molecule has 1 saturated carbocycles. The lowest BCUT2D eigenvalue weighted by molar-refractivity contribution is -0.127. The number of hydrogen-bond acceptors (Lipinski definition) is 1. The van der Waals surface area contributed by atoms with Gasteiger partial charge in [-0.05, 0) is 12.8 Å². The van der Waals surface area contributed by atoms with Crippen LogP contribution in [-0.4, -0.2) is 10.9 Å². The molecule has 0 bridgehead atoms. The van der Waals surface area contributed by atoms with Crippen LogP contribution in [-0.2, 0) is 4.79 Å². The summed E-state index contributed by atoms with van der Waals surface area (Å²) in [6, 6.07) is 0. The number of Topliss-reactive ketones (excluding diaryl/α,β-unsaturated/α-hetero) is 1. The van der Waals surface area contributed by atoms with Gasteiger partial charge >= 0.3 is 0 Å². The maximum Gasteiger partial charge on any atom is 0.241 e. The van der Waals surface area contributed by atoms with E-state index < -0.39 is 10.9 Å². The Morgan fingerprint density at radius 1 is 1.56 bits per heavy atom. The van der Waals surface area contributed by atoms with Crippen LogP contribution in [0.25, 0.3) is 0 Å². The van der Waals surface area contributed by atoms with E-state index in [1.165, 1.54) is 0 Å². The summed E-state index contributed by atoms with van der Waals surface area (Å²) in [7, 11) is 0. The highest BCUT2D eigenvalue weighted by Crippen LogP contribution is 2.31. The molecule has 9 heavy (non-hydrogen) atoms. The Morgan fingerprint density at radius 3 is 2.56 bits per heavy atom. The normalized spacial score (nSPS) is 36.9. The topological polar surface area (TPSA) is 17.1 Å². The van der Waals surface area contributed by atoms with Crippen molar-refractivity contribution in [2.75, 3.05) is 0 Å². The molecule has 1 unspecified atom stereocenters. The molecule has 1 aliphatic rings. The first kappa shape index (κ1) is 7.00. The summed E-state index contributed by atoms with van der Waals surface area (Å²) >= 11 is 5.21. The number of carbonyl (C=O) groups is 1. The molecule has 0 aromatic carbocycles. The fraction of sp³-hybridized carbons (Fsp3) is 0.833. The maximum absolute atomic E-state index is 12.7. The molecule has 0 saturated heterocycles. The largest absolute Gasteiger partial charge is 0.295 e. The maximum atomic E-state index is 12.7. The van der Waals surface area contributed by atoms with Crippen LogP contribution in [0.2, 0.25) is 0 Å². The number of halogens is 2. The Hall–Kier alpha value is -0.110. The minimum absolute atomic E-state index is 0.188. The molecule has 0 heterocycles. The van der Waals surface area contributed by atoms with Gasteiger partial charge in [-0.1, -0.05) is 11.6 Å². The number of ketones is 1. The van der Waals surface area contributed by atoms with Gasteiger partial charge in [-0.15, -0.1) is 0 Å². The monoisotopic (exact) mass is 150 g/mol. The second kappa shape index (κ2) is 2.25. The molecule has 0 radical (unpaired) electrons. The van der Waals surface area contributed by atoms with Crippen LogP contribution in [0.5, 0.6) is 0 Å². The molecule has 52 valence electrons. The molecule has 1 fully saturated rings. The number of carbonyl (C=O) groups excluding carboxylic acids is 1. The van der Waals surface area contributed by atoms with E-state index in [4.69, 9.17) is 11.6 Å². The number of rotatable bonds is 0. The summed E-state index contributed by atoms with van der Waals surface area (Å²) in [5.41, 5.74) is 0. The highest BCUT2D eigenvalue weighted by molar-refractivity contribution is 6.34. The van der Waals surface area contributed by atoms with E-state index in [9.17, 15) is 9.18 Å². The van der Waals surface area contributed by atoms with Gasteiger partial charge in [0.1, 0.15) is 0 Å². The van der Waals surface area contributed by atoms with Crippen molar-refractivity contribution in [3.05, 3.63) is 0 Å². The molecule has 0 aromatic heterocycles. The van der Waals surface area contributed by atoms with Gasteiger partial charge in [0.2, 0.25) is 5.13 Å². The van der Waals surface area contributed by atoms with Crippen molar-refractivity contribution < 1.29 is 9.18 Å². The van der Waals surface area contributed by atoms with Gasteiger partial charge in [0.25, 0.3) is 0 Å². The zero-order chi connectivity index (χ0) is 6.91. The van der Waals surface area contributed by atoms with Crippen LogP contribution < -0.4 is 0 Å². The van der Waals surface area contributed by atoms with Gasteiger partial charge in [-0.3, -0.25) is 4.79 Å². The fourth-order valence-electron chi connectivity index (χ4n) is 0.955. The molecule has 1 nitrogen and oxygen atoms in total. The molecule has 0 spiro atoms. The zero-order valence-electron chi connectivity index (χ0n) is 4.99. The van der Waals surface area contributed by atoms with Crippen molar-refractivity contribution in [1.82, 2.24) is 0 Å². The van der Waals surface area contributed by atoms with E-state index in [0.29, 0.717) is 6.42 Å². The highest BCUT2D eigenvalue weighted by Gasteiger charge is 2.37. The average Bonchev–Trinajstić information content (AvgIpc) is 1.77. The van der Waals surface area contributed by atoms with Crippen molar-refractivity contribution in [3.8, 4) is 0 Å². The van der Waals surface area contributed by atoms with E-state index >= 15 is 0 Å².